The van der Waals surface area contributed by atoms with Crippen LogP contribution in [0.2, 0.25) is 0 Å². The van der Waals surface area contributed by atoms with Gasteiger partial charge in [-0.15, -0.1) is 0 Å². The molecule has 5 heteroatoms. The summed E-state index contributed by atoms with van der Waals surface area (Å²) in [5.74, 6) is -0.296. The van der Waals surface area contributed by atoms with Gasteiger partial charge < -0.3 is 0 Å². The number of nitrogens with zero attached hydrogens (tertiary/aromatic N) is 3. The number of benzene rings is 1. The Balaban J connectivity index is 1.41. The Hall–Kier alpha value is -2.74. The van der Waals surface area contributed by atoms with E-state index in [0.717, 1.165) is 23.4 Å². The van der Waals surface area contributed by atoms with Crippen molar-refractivity contribution in [1.82, 2.24) is 5.01 Å². The maximum absolute atomic E-state index is 12.7. The first kappa shape index (κ1) is 13.7. The van der Waals surface area contributed by atoms with Crippen molar-refractivity contribution in [2.24, 2.45) is 34.2 Å². The average Bonchev–Trinajstić information content (AvgIpc) is 3.21. The van der Waals surface area contributed by atoms with Gasteiger partial charge in [0.25, 0.3) is 11.8 Å². The number of imide groups is 1. The molecule has 4 unspecified atom stereocenters. The third kappa shape index (κ3) is 1.56. The van der Waals surface area contributed by atoms with Crippen LogP contribution in [0.3, 0.4) is 0 Å². The topological polar surface area (TPSA) is 73.5 Å². The predicted molar refractivity (Wildman–Crippen MR) is 85.4 cm³/mol. The van der Waals surface area contributed by atoms with Gasteiger partial charge in [-0.1, -0.05) is 24.3 Å². The number of allylic oxidation sites excluding steroid dienone is 2. The zero-order valence-corrected chi connectivity index (χ0v) is 12.9. The molecule has 3 aliphatic carbocycles. The summed E-state index contributed by atoms with van der Waals surface area (Å²) in [5.41, 5.74) is 1.53. The van der Waals surface area contributed by atoms with Crippen LogP contribution in [0, 0.1) is 40.4 Å². The van der Waals surface area contributed by atoms with Crippen LogP contribution in [-0.4, -0.2) is 23.0 Å². The largest absolute Gasteiger partial charge is 0.272 e. The molecule has 2 amide bonds. The van der Waals surface area contributed by atoms with E-state index in [0.29, 0.717) is 5.56 Å². The van der Waals surface area contributed by atoms with Crippen LogP contribution in [0.15, 0.2) is 41.5 Å². The van der Waals surface area contributed by atoms with E-state index in [4.69, 9.17) is 5.26 Å². The van der Waals surface area contributed by atoms with Gasteiger partial charge in [0.1, 0.15) is 0 Å². The van der Waals surface area contributed by atoms with Crippen molar-refractivity contribution in [2.75, 3.05) is 0 Å². The molecule has 0 N–H and O–H groups in total. The number of carbonyl (C=O) groups is 2. The smallest absolute Gasteiger partial charge is 0.254 e. The van der Waals surface area contributed by atoms with Crippen LogP contribution >= 0.6 is 0 Å². The third-order valence-corrected chi connectivity index (χ3v) is 6.19. The molecule has 1 aromatic carbocycles. The molecule has 0 radical (unpaired) electrons. The van der Waals surface area contributed by atoms with E-state index in [-0.39, 0.29) is 40.9 Å². The van der Waals surface area contributed by atoms with Crippen molar-refractivity contribution in [3.63, 3.8) is 0 Å². The molecule has 1 spiro atoms. The van der Waals surface area contributed by atoms with Crippen LogP contribution in [0.1, 0.15) is 24.0 Å². The average molecular weight is 317 g/mol. The van der Waals surface area contributed by atoms with E-state index < -0.39 is 0 Å². The Morgan fingerprint density at radius 1 is 1.08 bits per heavy atom. The van der Waals surface area contributed by atoms with Gasteiger partial charge in [0.05, 0.1) is 29.7 Å². The molecule has 1 saturated heterocycles. The molecular formula is C19H15N3O2. The normalized spacial score (nSPS) is 34.4. The Morgan fingerprint density at radius 3 is 2.17 bits per heavy atom. The molecular weight excluding hydrogens is 302 g/mol. The standard InChI is InChI=1S/C19H15N3O2/c20-9-11-1-3-12(4-2-11)10-21-22-17(23)15-13-5-6-14(16(15)18(22)24)19(13)7-8-19/h1-6,10,13-16H,7-8H2. The van der Waals surface area contributed by atoms with Crippen molar-refractivity contribution in [2.45, 2.75) is 12.8 Å². The highest BCUT2D eigenvalue weighted by atomic mass is 16.2. The van der Waals surface area contributed by atoms with Crippen LogP contribution in [0.4, 0.5) is 0 Å². The van der Waals surface area contributed by atoms with Gasteiger partial charge in [-0.05, 0) is 47.8 Å². The maximum atomic E-state index is 12.7. The van der Waals surface area contributed by atoms with Gasteiger partial charge in [0.2, 0.25) is 0 Å². The molecule has 1 heterocycles. The minimum Gasteiger partial charge on any atom is -0.272 e. The highest BCUT2D eigenvalue weighted by Gasteiger charge is 2.73. The third-order valence-electron chi connectivity index (χ3n) is 6.19. The number of hydrogen-bond acceptors (Lipinski definition) is 4. The summed E-state index contributed by atoms with van der Waals surface area (Å²) in [5, 5.41) is 14.0. The summed E-state index contributed by atoms with van der Waals surface area (Å²) in [4.78, 5) is 25.5. The van der Waals surface area contributed by atoms with Crippen molar-refractivity contribution < 1.29 is 9.59 Å². The number of hydrogen-bond donors (Lipinski definition) is 0. The first-order valence-electron chi connectivity index (χ1n) is 8.26. The lowest BCUT2D eigenvalue weighted by Gasteiger charge is -2.18. The molecule has 24 heavy (non-hydrogen) atoms. The van der Waals surface area contributed by atoms with Gasteiger partial charge in [-0.2, -0.15) is 15.4 Å². The van der Waals surface area contributed by atoms with Crippen molar-refractivity contribution in [3.05, 3.63) is 47.5 Å². The molecule has 5 nitrogen and oxygen atoms in total. The summed E-state index contributed by atoms with van der Waals surface area (Å²) >= 11 is 0. The van der Waals surface area contributed by atoms with E-state index in [2.05, 4.69) is 23.3 Å². The highest BCUT2D eigenvalue weighted by molar-refractivity contribution is 6.07. The molecule has 118 valence electrons. The lowest BCUT2D eigenvalue weighted by molar-refractivity contribution is -0.141. The van der Waals surface area contributed by atoms with Crippen molar-refractivity contribution in [1.29, 1.82) is 5.26 Å². The molecule has 1 aromatic rings. The van der Waals surface area contributed by atoms with E-state index in [1.54, 1.807) is 24.3 Å². The monoisotopic (exact) mass is 317 g/mol. The van der Waals surface area contributed by atoms with Gasteiger partial charge in [-0.25, -0.2) is 0 Å². The van der Waals surface area contributed by atoms with E-state index >= 15 is 0 Å². The van der Waals surface area contributed by atoms with E-state index in [1.807, 2.05) is 0 Å². The molecule has 5 rings (SSSR count). The first-order valence-corrected chi connectivity index (χ1v) is 8.26. The maximum Gasteiger partial charge on any atom is 0.254 e. The Bertz CT molecular complexity index is 824. The lowest BCUT2D eigenvalue weighted by Crippen LogP contribution is -2.30. The van der Waals surface area contributed by atoms with Crippen molar-refractivity contribution >= 4 is 18.0 Å². The summed E-state index contributed by atoms with van der Waals surface area (Å²) in [6.45, 7) is 0. The second-order valence-electron chi connectivity index (χ2n) is 7.19. The number of fused-ring (bicyclic) bond motifs is 3. The molecule has 3 fully saturated rings. The lowest BCUT2D eigenvalue weighted by atomic mass is 9.85. The van der Waals surface area contributed by atoms with Crippen LogP contribution < -0.4 is 0 Å². The Labute approximate surface area is 139 Å². The number of nitriles is 1. The molecule has 1 aliphatic heterocycles. The molecule has 4 aliphatic rings. The van der Waals surface area contributed by atoms with Crippen molar-refractivity contribution in [3.8, 4) is 6.07 Å². The van der Waals surface area contributed by atoms with Gasteiger partial charge >= 0.3 is 0 Å². The van der Waals surface area contributed by atoms with Crippen LogP contribution in [-0.2, 0) is 9.59 Å². The predicted octanol–water partition coefficient (Wildman–Crippen LogP) is 2.09. The number of rotatable bonds is 2. The van der Waals surface area contributed by atoms with E-state index in [1.165, 1.54) is 6.21 Å². The zero-order valence-electron chi connectivity index (χ0n) is 12.9. The fraction of sp³-hybridized carbons (Fsp3) is 0.368. The SMILES string of the molecule is N#Cc1ccc(C=NN2C(=O)C3C(C2=O)C2C=CC3C23CC3)cc1. The minimum atomic E-state index is -0.215. The van der Waals surface area contributed by atoms with Crippen LogP contribution in [0.5, 0.6) is 0 Å². The summed E-state index contributed by atoms with van der Waals surface area (Å²) in [6, 6.07) is 8.92. The highest BCUT2D eigenvalue weighted by Crippen LogP contribution is 2.73. The van der Waals surface area contributed by atoms with Crippen LogP contribution in [0.25, 0.3) is 0 Å². The van der Waals surface area contributed by atoms with Gasteiger partial charge in [0.15, 0.2) is 0 Å². The quantitative estimate of drug-likeness (QED) is 0.476. The number of amides is 2. The Morgan fingerprint density at radius 2 is 1.67 bits per heavy atom. The molecule has 0 aromatic heterocycles. The second-order valence-corrected chi connectivity index (χ2v) is 7.19. The zero-order chi connectivity index (χ0) is 16.5. The molecule has 2 bridgehead atoms. The first-order chi connectivity index (χ1) is 11.7. The Kier molecular flexibility index (Phi) is 2.52. The minimum absolute atomic E-state index is 0.155. The fourth-order valence-corrected chi connectivity index (χ4v) is 4.94. The van der Waals surface area contributed by atoms with Gasteiger partial charge in [0, 0.05) is 0 Å². The summed E-state index contributed by atoms with van der Waals surface area (Å²) in [6.07, 6.45) is 8.09. The van der Waals surface area contributed by atoms with Gasteiger partial charge in [-0.3, -0.25) is 9.59 Å². The molecule has 2 saturated carbocycles. The summed E-state index contributed by atoms with van der Waals surface area (Å²) in [7, 11) is 0. The molecule has 4 atom stereocenters. The number of hydrazone groups is 1. The summed E-state index contributed by atoms with van der Waals surface area (Å²) < 4.78 is 0. The van der Waals surface area contributed by atoms with E-state index in [9.17, 15) is 9.59 Å². The fourth-order valence-electron chi connectivity index (χ4n) is 4.94. The number of carbonyl (C=O) groups excluding carboxylic acids is 2. The second kappa shape index (κ2) is 4.41.